The molecule has 2 aliphatic rings. The van der Waals surface area contributed by atoms with Crippen molar-refractivity contribution >= 4 is 29.2 Å². The van der Waals surface area contributed by atoms with Gasteiger partial charge in [0.15, 0.2) is 5.78 Å². The fourth-order valence-corrected chi connectivity index (χ4v) is 5.35. The Kier molecular flexibility index (Phi) is 13.2. The molecule has 6 nitrogen and oxygen atoms in total. The van der Waals surface area contributed by atoms with Crippen LogP contribution >= 0.6 is 11.3 Å². The van der Waals surface area contributed by atoms with Gasteiger partial charge in [-0.3, -0.25) is 14.6 Å². The maximum Gasteiger partial charge on any atom is 0.416 e. The Labute approximate surface area is 249 Å². The quantitative estimate of drug-likeness (QED) is 0.254. The molecule has 1 aromatic heterocycles. The SMILES string of the molecule is C=CCCc1c(C(N)=O)csc1CCC.CC(=O)/C(=C1\C=NC=CN1C)C1C=CC1.N#Cc1cccc(C(F)(F)F)c1. The molecule has 1 aliphatic heterocycles. The van der Waals surface area contributed by atoms with E-state index in [0.717, 1.165) is 61.1 Å². The average Bonchev–Trinajstić information content (AvgIpc) is 3.33. The monoisotopic (exact) mass is 596 g/mol. The van der Waals surface area contributed by atoms with Crippen molar-refractivity contribution in [1.82, 2.24) is 4.90 Å². The van der Waals surface area contributed by atoms with Gasteiger partial charge in [-0.15, -0.1) is 17.9 Å². The zero-order valence-electron chi connectivity index (χ0n) is 23.9. The van der Waals surface area contributed by atoms with Crippen LogP contribution in [0, 0.1) is 17.2 Å². The first-order valence-electron chi connectivity index (χ1n) is 13.4. The number of thiophene rings is 1. The smallest absolute Gasteiger partial charge is 0.366 e. The number of amides is 1. The lowest BCUT2D eigenvalue weighted by Gasteiger charge is -2.26. The van der Waals surface area contributed by atoms with Crippen molar-refractivity contribution in [2.75, 3.05) is 7.05 Å². The summed E-state index contributed by atoms with van der Waals surface area (Å²) in [5, 5.41) is 10.2. The first-order chi connectivity index (χ1) is 19.9. The molecule has 4 rings (SSSR count). The van der Waals surface area contributed by atoms with Crippen LogP contribution in [0.4, 0.5) is 13.2 Å². The second-order valence-corrected chi connectivity index (χ2v) is 10.5. The molecule has 222 valence electrons. The second-order valence-electron chi connectivity index (χ2n) is 9.50. The Hall–Kier alpha value is -4.23. The van der Waals surface area contributed by atoms with Crippen LogP contribution in [0.5, 0.6) is 0 Å². The Morgan fingerprint density at radius 2 is 2.02 bits per heavy atom. The van der Waals surface area contributed by atoms with E-state index in [-0.39, 0.29) is 23.2 Å². The Morgan fingerprint density at radius 3 is 2.52 bits per heavy atom. The summed E-state index contributed by atoms with van der Waals surface area (Å²) in [5.74, 6) is 0.0958. The summed E-state index contributed by atoms with van der Waals surface area (Å²) in [6.07, 6.45) is 11.9. The maximum absolute atomic E-state index is 12.0. The van der Waals surface area contributed by atoms with Gasteiger partial charge in [0.2, 0.25) is 5.91 Å². The van der Waals surface area contributed by atoms with E-state index < -0.39 is 11.7 Å². The third kappa shape index (κ3) is 9.70. The second kappa shape index (κ2) is 16.3. The normalized spacial score (nSPS) is 16.2. The summed E-state index contributed by atoms with van der Waals surface area (Å²) in [6, 6.07) is 5.93. The number of hydrogen-bond acceptors (Lipinski definition) is 6. The van der Waals surface area contributed by atoms with E-state index in [9.17, 15) is 22.8 Å². The standard InChI is InChI=1S/C12H14N2O.C12H17NOS.C8H4F3N/c1-9(15)12(10-4-3-5-10)11-8-13-6-7-14(11)2;1-3-5-7-9-10(12(13)14)8-15-11(9)6-4-2;9-8(10,11)7-3-1-2-6(4-7)5-12/h3-4,6-8,10H,5H2,1-2H3;3,8H,1,4-7H2,2H3,(H2,13,14);1-4H/b12-11-;;. The summed E-state index contributed by atoms with van der Waals surface area (Å²) < 4.78 is 36.0. The number of Topliss-reactive ketones (excluding diaryl/α,β-unsaturated/α-hetero) is 1. The van der Waals surface area contributed by atoms with Crippen LogP contribution < -0.4 is 5.73 Å². The number of carbonyl (C=O) groups excluding carboxylic acids is 2. The number of nitriles is 1. The number of alkyl halides is 3. The van der Waals surface area contributed by atoms with E-state index in [2.05, 4.69) is 30.6 Å². The van der Waals surface area contributed by atoms with Gasteiger partial charge in [-0.05, 0) is 56.4 Å². The molecule has 0 saturated heterocycles. The number of benzene rings is 1. The zero-order valence-corrected chi connectivity index (χ0v) is 24.8. The maximum atomic E-state index is 12.0. The lowest BCUT2D eigenvalue weighted by molar-refractivity contribution is -0.137. The van der Waals surface area contributed by atoms with Crippen molar-refractivity contribution in [3.05, 3.63) is 105 Å². The number of aliphatic imine (C=N–C) groups is 1. The first kappa shape index (κ1) is 34.0. The molecular weight excluding hydrogens is 561 g/mol. The summed E-state index contributed by atoms with van der Waals surface area (Å²) in [7, 11) is 1.93. The molecular formula is C32H35F3N4O2S. The van der Waals surface area contributed by atoms with Gasteiger partial charge in [0.25, 0.3) is 0 Å². The number of ketones is 1. The molecule has 2 aromatic rings. The Bertz CT molecular complexity index is 1430. The van der Waals surface area contributed by atoms with Gasteiger partial charge in [0.1, 0.15) is 0 Å². The summed E-state index contributed by atoms with van der Waals surface area (Å²) in [4.78, 5) is 30.1. The Morgan fingerprint density at radius 1 is 1.31 bits per heavy atom. The van der Waals surface area contributed by atoms with Gasteiger partial charge >= 0.3 is 6.18 Å². The third-order valence-electron chi connectivity index (χ3n) is 6.38. The highest BCUT2D eigenvalue weighted by atomic mass is 32.1. The number of aryl methyl sites for hydroxylation is 1. The van der Waals surface area contributed by atoms with E-state index >= 15 is 0 Å². The van der Waals surface area contributed by atoms with Gasteiger partial charge < -0.3 is 10.6 Å². The molecule has 0 spiro atoms. The molecule has 1 aliphatic carbocycles. The minimum absolute atomic E-state index is 0.0184. The molecule has 1 unspecified atom stereocenters. The van der Waals surface area contributed by atoms with Gasteiger partial charge in [-0.25, -0.2) is 0 Å². The highest BCUT2D eigenvalue weighted by Gasteiger charge is 2.30. The van der Waals surface area contributed by atoms with Gasteiger partial charge in [-0.2, -0.15) is 18.4 Å². The number of halogens is 3. The molecule has 0 fully saturated rings. The van der Waals surface area contributed by atoms with Crippen molar-refractivity contribution in [1.29, 1.82) is 5.26 Å². The van der Waals surface area contributed by atoms with Gasteiger partial charge in [0.05, 0.1) is 34.7 Å². The van der Waals surface area contributed by atoms with Gasteiger partial charge in [-0.1, -0.05) is 37.6 Å². The molecule has 2 heterocycles. The fourth-order valence-electron chi connectivity index (χ4n) is 4.15. The van der Waals surface area contributed by atoms with Crippen molar-refractivity contribution in [3.63, 3.8) is 0 Å². The number of primary amides is 1. The predicted molar refractivity (Wildman–Crippen MR) is 162 cm³/mol. The van der Waals surface area contributed by atoms with Gasteiger partial charge in [0, 0.05) is 41.2 Å². The molecule has 2 N–H and O–H groups in total. The van der Waals surface area contributed by atoms with Crippen molar-refractivity contribution in [3.8, 4) is 6.07 Å². The highest BCUT2D eigenvalue weighted by Crippen LogP contribution is 2.30. The zero-order chi connectivity index (χ0) is 31.3. The summed E-state index contributed by atoms with van der Waals surface area (Å²) in [5.41, 5.74) is 8.18. The van der Waals surface area contributed by atoms with E-state index in [0.29, 0.717) is 5.56 Å². The number of nitrogens with two attached hydrogens (primary N) is 1. The summed E-state index contributed by atoms with van der Waals surface area (Å²) in [6.45, 7) is 7.46. The lowest BCUT2D eigenvalue weighted by Crippen LogP contribution is -2.23. The Balaban J connectivity index is 0.000000222. The molecule has 10 heteroatoms. The number of rotatable bonds is 8. The van der Waals surface area contributed by atoms with Crippen LogP contribution in [0.2, 0.25) is 0 Å². The largest absolute Gasteiger partial charge is 0.416 e. The van der Waals surface area contributed by atoms with Crippen molar-refractivity contribution in [2.24, 2.45) is 16.6 Å². The minimum Gasteiger partial charge on any atom is -0.366 e. The van der Waals surface area contributed by atoms with Crippen LogP contribution in [0.15, 0.2) is 83.1 Å². The molecule has 0 saturated carbocycles. The van der Waals surface area contributed by atoms with Crippen LogP contribution in [-0.2, 0) is 23.8 Å². The molecule has 1 amide bonds. The topological polar surface area (TPSA) is 99.6 Å². The molecule has 1 atom stereocenters. The lowest BCUT2D eigenvalue weighted by atomic mass is 9.84. The predicted octanol–water partition coefficient (Wildman–Crippen LogP) is 7.39. The number of nitrogens with zero attached hydrogens (tertiary/aromatic N) is 3. The highest BCUT2D eigenvalue weighted by molar-refractivity contribution is 7.10. The third-order valence-corrected chi connectivity index (χ3v) is 7.47. The van der Waals surface area contributed by atoms with Crippen LogP contribution in [-0.4, -0.2) is 29.9 Å². The summed E-state index contributed by atoms with van der Waals surface area (Å²) >= 11 is 1.64. The molecule has 0 radical (unpaired) electrons. The fraction of sp³-hybridized carbons (Fsp3) is 0.312. The van der Waals surface area contributed by atoms with E-state index in [4.69, 9.17) is 11.0 Å². The van der Waals surface area contributed by atoms with Crippen molar-refractivity contribution in [2.45, 2.75) is 52.1 Å². The molecule has 0 bridgehead atoms. The van der Waals surface area contributed by atoms with E-state index in [1.807, 2.05) is 29.6 Å². The van der Waals surface area contributed by atoms with Crippen LogP contribution in [0.25, 0.3) is 0 Å². The number of carbonyl (C=O) groups is 2. The van der Waals surface area contributed by atoms with E-state index in [1.165, 1.54) is 17.0 Å². The average molecular weight is 597 g/mol. The number of hydrogen-bond donors (Lipinski definition) is 1. The van der Waals surface area contributed by atoms with E-state index in [1.54, 1.807) is 36.7 Å². The van der Waals surface area contributed by atoms with Crippen LogP contribution in [0.3, 0.4) is 0 Å². The first-order valence-corrected chi connectivity index (χ1v) is 14.2. The molecule has 42 heavy (non-hydrogen) atoms. The molecule has 1 aromatic carbocycles. The minimum atomic E-state index is -4.37. The van der Waals surface area contributed by atoms with Crippen LogP contribution in [0.1, 0.15) is 65.0 Å². The van der Waals surface area contributed by atoms with Crippen molar-refractivity contribution < 1.29 is 22.8 Å². The number of allylic oxidation sites excluding steroid dienone is 5.